The molecule has 0 bridgehead atoms. The maximum atomic E-state index is 12.4. The lowest BCUT2D eigenvalue weighted by Crippen LogP contribution is -2.39. The summed E-state index contributed by atoms with van der Waals surface area (Å²) >= 11 is 0. The second-order valence-corrected chi connectivity index (χ2v) is 9.39. The van der Waals surface area contributed by atoms with Gasteiger partial charge in [0.25, 0.3) is 12.3 Å². The van der Waals surface area contributed by atoms with Crippen molar-refractivity contribution in [1.29, 1.82) is 0 Å². The van der Waals surface area contributed by atoms with E-state index in [1.54, 1.807) is 12.1 Å². The maximum absolute atomic E-state index is 12.4. The SMILES string of the molecule is COc1cc(CC(=O)N[C@H]2CC[C@H](CCN3CCc4ccc(OCC(F)F)nc4CC3)CC2)on1. The number of carbonyl (C=O) groups excluding carboxylic acids is 1. The zero-order chi connectivity index (χ0) is 24.6. The number of hydrogen-bond acceptors (Lipinski definition) is 7. The van der Waals surface area contributed by atoms with Crippen molar-refractivity contribution in [2.45, 2.75) is 63.8 Å². The van der Waals surface area contributed by atoms with Gasteiger partial charge in [-0.1, -0.05) is 6.07 Å². The second-order valence-electron chi connectivity index (χ2n) is 9.39. The van der Waals surface area contributed by atoms with Crippen molar-refractivity contribution in [3.8, 4) is 11.8 Å². The van der Waals surface area contributed by atoms with Crippen molar-refractivity contribution in [3.63, 3.8) is 0 Å². The van der Waals surface area contributed by atoms with Crippen LogP contribution in [-0.4, -0.2) is 66.8 Å². The van der Waals surface area contributed by atoms with E-state index in [1.165, 1.54) is 12.7 Å². The van der Waals surface area contributed by atoms with E-state index in [0.29, 0.717) is 17.6 Å². The first-order chi connectivity index (χ1) is 17.0. The van der Waals surface area contributed by atoms with Crippen molar-refractivity contribution in [1.82, 2.24) is 20.4 Å². The number of aromatic nitrogens is 2. The van der Waals surface area contributed by atoms with E-state index in [9.17, 15) is 13.6 Å². The molecule has 2 aliphatic rings. The first-order valence-corrected chi connectivity index (χ1v) is 12.4. The Bertz CT molecular complexity index is 963. The van der Waals surface area contributed by atoms with Crippen LogP contribution in [0.2, 0.25) is 0 Å². The van der Waals surface area contributed by atoms with Crippen molar-refractivity contribution in [3.05, 3.63) is 35.2 Å². The lowest BCUT2D eigenvalue weighted by molar-refractivity contribution is -0.121. The van der Waals surface area contributed by atoms with Gasteiger partial charge in [-0.15, -0.1) is 0 Å². The number of nitrogens with zero attached hydrogens (tertiary/aromatic N) is 3. The smallest absolute Gasteiger partial charge is 0.272 e. The summed E-state index contributed by atoms with van der Waals surface area (Å²) in [5.74, 6) is 1.77. The Hall–Kier alpha value is -2.75. The number of amides is 1. The zero-order valence-corrected chi connectivity index (χ0v) is 20.2. The molecule has 0 saturated heterocycles. The summed E-state index contributed by atoms with van der Waals surface area (Å²) in [5, 5.41) is 6.84. The molecule has 0 atom stereocenters. The Kier molecular flexibility index (Phi) is 8.90. The molecule has 8 nitrogen and oxygen atoms in total. The van der Waals surface area contributed by atoms with Crippen LogP contribution in [0.1, 0.15) is 49.1 Å². The maximum Gasteiger partial charge on any atom is 0.272 e. The third-order valence-corrected chi connectivity index (χ3v) is 6.91. The van der Waals surface area contributed by atoms with Crippen LogP contribution in [0, 0.1) is 5.92 Å². The summed E-state index contributed by atoms with van der Waals surface area (Å²) in [5.41, 5.74) is 2.14. The molecule has 1 fully saturated rings. The number of pyridine rings is 1. The average Bonchev–Trinajstić information content (AvgIpc) is 3.20. The molecule has 192 valence electrons. The van der Waals surface area contributed by atoms with E-state index < -0.39 is 13.0 Å². The third kappa shape index (κ3) is 7.62. The molecule has 2 aromatic rings. The van der Waals surface area contributed by atoms with Gasteiger partial charge in [0.2, 0.25) is 11.8 Å². The predicted molar refractivity (Wildman–Crippen MR) is 125 cm³/mol. The second kappa shape index (κ2) is 12.3. The van der Waals surface area contributed by atoms with Gasteiger partial charge < -0.3 is 24.2 Å². The molecule has 0 unspecified atom stereocenters. The number of carbonyl (C=O) groups is 1. The lowest BCUT2D eigenvalue weighted by atomic mass is 9.84. The Morgan fingerprint density at radius 1 is 1.20 bits per heavy atom. The summed E-state index contributed by atoms with van der Waals surface area (Å²) in [7, 11) is 1.51. The minimum atomic E-state index is -2.50. The molecule has 35 heavy (non-hydrogen) atoms. The van der Waals surface area contributed by atoms with Crippen LogP contribution in [0.4, 0.5) is 8.78 Å². The van der Waals surface area contributed by atoms with Crippen LogP contribution >= 0.6 is 0 Å². The molecule has 1 amide bonds. The highest BCUT2D eigenvalue weighted by molar-refractivity contribution is 5.78. The normalized spacial score (nSPS) is 20.8. The summed E-state index contributed by atoms with van der Waals surface area (Å²) in [6.45, 7) is 2.30. The summed E-state index contributed by atoms with van der Waals surface area (Å²) in [4.78, 5) is 19.2. The average molecular weight is 493 g/mol. The quantitative estimate of drug-likeness (QED) is 0.544. The topological polar surface area (TPSA) is 89.7 Å². The van der Waals surface area contributed by atoms with Crippen LogP contribution in [-0.2, 0) is 24.1 Å². The third-order valence-electron chi connectivity index (χ3n) is 6.91. The number of fused-ring (bicyclic) bond motifs is 1. The molecule has 0 aromatic carbocycles. The molecule has 1 saturated carbocycles. The van der Waals surface area contributed by atoms with Gasteiger partial charge >= 0.3 is 0 Å². The highest BCUT2D eigenvalue weighted by Gasteiger charge is 2.24. The molecule has 1 N–H and O–H groups in total. The predicted octanol–water partition coefficient (Wildman–Crippen LogP) is 3.43. The highest BCUT2D eigenvalue weighted by Crippen LogP contribution is 2.28. The van der Waals surface area contributed by atoms with Crippen molar-refractivity contribution < 1.29 is 27.6 Å². The number of alkyl halides is 2. The van der Waals surface area contributed by atoms with E-state index in [0.717, 1.165) is 70.3 Å². The van der Waals surface area contributed by atoms with Gasteiger partial charge in [0.05, 0.1) is 13.5 Å². The van der Waals surface area contributed by atoms with Gasteiger partial charge in [-0.25, -0.2) is 13.8 Å². The van der Waals surface area contributed by atoms with Crippen LogP contribution in [0.25, 0.3) is 0 Å². The Labute approximate surface area is 204 Å². The zero-order valence-electron chi connectivity index (χ0n) is 20.2. The number of halogens is 2. The van der Waals surface area contributed by atoms with Crippen molar-refractivity contribution in [2.75, 3.05) is 33.4 Å². The number of ether oxygens (including phenoxy) is 2. The van der Waals surface area contributed by atoms with Crippen LogP contribution < -0.4 is 14.8 Å². The Morgan fingerprint density at radius 3 is 2.74 bits per heavy atom. The summed E-state index contributed by atoms with van der Waals surface area (Å²) in [6.07, 6.45) is 4.74. The van der Waals surface area contributed by atoms with Gasteiger partial charge in [0.1, 0.15) is 5.76 Å². The van der Waals surface area contributed by atoms with Crippen LogP contribution in [0.5, 0.6) is 11.8 Å². The Morgan fingerprint density at radius 2 is 2.00 bits per heavy atom. The summed E-state index contributed by atoms with van der Waals surface area (Å²) in [6, 6.07) is 5.50. The molecule has 10 heteroatoms. The number of methoxy groups -OCH3 is 1. The largest absolute Gasteiger partial charge is 0.479 e. The lowest BCUT2D eigenvalue weighted by Gasteiger charge is -2.30. The van der Waals surface area contributed by atoms with Gasteiger partial charge in [0.15, 0.2) is 6.61 Å². The monoisotopic (exact) mass is 492 g/mol. The minimum absolute atomic E-state index is 0.0484. The van der Waals surface area contributed by atoms with Crippen LogP contribution in [0.3, 0.4) is 0 Å². The fourth-order valence-corrected chi connectivity index (χ4v) is 4.93. The standard InChI is InChI=1S/C25H34F2N4O4/c1-33-25-15-20(35-30-25)14-23(32)28-19-5-2-17(3-6-19)8-11-31-12-9-18-4-7-24(34-16-22(26)27)29-21(18)10-13-31/h4,7,15,17,19,22H,2-3,5-6,8-14,16H2,1H3,(H,28,32)/t17-,19-. The van der Waals surface area contributed by atoms with Crippen molar-refractivity contribution >= 4 is 5.91 Å². The molecule has 0 spiro atoms. The van der Waals surface area contributed by atoms with Crippen LogP contribution in [0.15, 0.2) is 22.7 Å². The number of hydrogen-bond donors (Lipinski definition) is 1. The number of rotatable bonds is 10. The first kappa shape index (κ1) is 25.3. The molecule has 4 rings (SSSR count). The van der Waals surface area contributed by atoms with Gasteiger partial charge in [-0.2, -0.15) is 0 Å². The molecule has 3 heterocycles. The molecule has 1 aliphatic carbocycles. The fraction of sp³-hybridized carbons (Fsp3) is 0.640. The fourth-order valence-electron chi connectivity index (χ4n) is 4.93. The van der Waals surface area contributed by atoms with E-state index >= 15 is 0 Å². The molecular formula is C25H34F2N4O4. The molecule has 0 radical (unpaired) electrons. The number of nitrogens with one attached hydrogen (secondary N) is 1. The van der Waals surface area contributed by atoms with Gasteiger partial charge in [-0.05, 0) is 61.7 Å². The van der Waals surface area contributed by atoms with Gasteiger partial charge in [0, 0.05) is 43.4 Å². The minimum Gasteiger partial charge on any atom is -0.479 e. The van der Waals surface area contributed by atoms with Gasteiger partial charge in [-0.3, -0.25) is 4.79 Å². The highest BCUT2D eigenvalue weighted by atomic mass is 19.3. The van der Waals surface area contributed by atoms with E-state index in [-0.39, 0.29) is 24.2 Å². The van der Waals surface area contributed by atoms with E-state index in [1.807, 2.05) is 6.07 Å². The molecule has 2 aromatic heterocycles. The summed E-state index contributed by atoms with van der Waals surface area (Å²) < 4.78 is 40.0. The van der Waals surface area contributed by atoms with E-state index in [2.05, 4.69) is 20.4 Å². The van der Waals surface area contributed by atoms with E-state index in [4.69, 9.17) is 14.0 Å². The Balaban J connectivity index is 1.15. The first-order valence-electron chi connectivity index (χ1n) is 12.4. The molecular weight excluding hydrogens is 458 g/mol. The molecule has 1 aliphatic heterocycles. The van der Waals surface area contributed by atoms with Crippen molar-refractivity contribution in [2.24, 2.45) is 5.92 Å².